The van der Waals surface area contributed by atoms with Crippen LogP contribution < -0.4 is 10.1 Å². The maximum absolute atomic E-state index is 12.4. The fourth-order valence-electron chi connectivity index (χ4n) is 3.89. The summed E-state index contributed by atoms with van der Waals surface area (Å²) in [7, 11) is 1.59. The number of hydrogen-bond donors (Lipinski definition) is 2. The molecule has 1 heterocycles. The molecule has 0 spiro atoms. The lowest BCUT2D eigenvalue weighted by Crippen LogP contribution is -2.27. The average molecular weight is 327 g/mol. The molecule has 0 saturated carbocycles. The molecule has 3 rings (SSSR count). The van der Waals surface area contributed by atoms with Crippen molar-refractivity contribution < 1.29 is 14.6 Å². The third-order valence-electron chi connectivity index (χ3n) is 5.09. The number of ether oxygens (including phenoxy) is 1. The molecule has 1 aromatic rings. The summed E-state index contributed by atoms with van der Waals surface area (Å²) in [5.74, 6) is 1.38. The number of carbonyl (C=O) groups is 1. The third-order valence-corrected chi connectivity index (χ3v) is 5.09. The second-order valence-electron chi connectivity index (χ2n) is 6.75. The standard InChI is InChI=1S/C20H25NO3/c1-5-6-13-10-16-18(19(22)17(13)20(23)21-4)15-9-11(2)7-8-14(15)12(3)24-16/h9-10,14-15,22H,3,5-8H2,1-2,4H3,(H,21,23)/t14-,15+/m0/s1. The number of phenolic OH excluding ortho intramolecular Hbond substituents is 1. The third kappa shape index (κ3) is 2.60. The van der Waals surface area contributed by atoms with Gasteiger partial charge in [-0.25, -0.2) is 0 Å². The SMILES string of the molecule is C=C1Oc2cc(CCC)c(C(=O)NC)c(O)c2[C@@H]2C=C(C)CC[C@@H]12. The molecule has 0 radical (unpaired) electrons. The second kappa shape index (κ2) is 6.34. The maximum atomic E-state index is 12.4. The van der Waals surface area contributed by atoms with Gasteiger partial charge in [0.25, 0.3) is 5.91 Å². The first kappa shape index (κ1) is 16.6. The van der Waals surface area contributed by atoms with Gasteiger partial charge in [-0.05, 0) is 37.8 Å². The van der Waals surface area contributed by atoms with Crippen molar-refractivity contribution >= 4 is 5.91 Å². The number of amides is 1. The Labute approximate surface area is 143 Å². The van der Waals surface area contributed by atoms with E-state index in [1.165, 1.54) is 5.57 Å². The van der Waals surface area contributed by atoms with Crippen LogP contribution in [0.3, 0.4) is 0 Å². The topological polar surface area (TPSA) is 58.6 Å². The molecule has 2 N–H and O–H groups in total. The summed E-state index contributed by atoms with van der Waals surface area (Å²) in [6.07, 6.45) is 5.75. The van der Waals surface area contributed by atoms with Gasteiger partial charge < -0.3 is 15.2 Å². The fourth-order valence-corrected chi connectivity index (χ4v) is 3.89. The van der Waals surface area contributed by atoms with Crippen LogP contribution >= 0.6 is 0 Å². The van der Waals surface area contributed by atoms with E-state index < -0.39 is 0 Å². The van der Waals surface area contributed by atoms with E-state index in [0.29, 0.717) is 17.7 Å². The number of carbonyl (C=O) groups excluding carboxylic acids is 1. The Kier molecular flexibility index (Phi) is 4.39. The van der Waals surface area contributed by atoms with E-state index >= 15 is 0 Å². The smallest absolute Gasteiger partial charge is 0.255 e. The van der Waals surface area contributed by atoms with E-state index in [2.05, 4.69) is 24.9 Å². The Morgan fingerprint density at radius 1 is 1.50 bits per heavy atom. The van der Waals surface area contributed by atoms with Crippen LogP contribution in [0, 0.1) is 5.92 Å². The van der Waals surface area contributed by atoms with Crippen LogP contribution in [0.1, 0.15) is 60.5 Å². The van der Waals surface area contributed by atoms with Crippen molar-refractivity contribution in [3.8, 4) is 11.5 Å². The summed E-state index contributed by atoms with van der Waals surface area (Å²) >= 11 is 0. The van der Waals surface area contributed by atoms with E-state index in [-0.39, 0.29) is 23.5 Å². The highest BCUT2D eigenvalue weighted by molar-refractivity contribution is 5.99. The van der Waals surface area contributed by atoms with E-state index in [0.717, 1.165) is 36.1 Å². The molecular weight excluding hydrogens is 302 g/mol. The Balaban J connectivity index is 2.23. The van der Waals surface area contributed by atoms with Gasteiger partial charge in [-0.3, -0.25) is 4.79 Å². The van der Waals surface area contributed by atoms with Crippen molar-refractivity contribution in [3.05, 3.63) is 46.7 Å². The van der Waals surface area contributed by atoms with E-state index in [4.69, 9.17) is 4.74 Å². The summed E-state index contributed by atoms with van der Waals surface area (Å²) in [5, 5.41) is 13.6. The molecular formula is C20H25NO3. The summed E-state index contributed by atoms with van der Waals surface area (Å²) < 4.78 is 5.96. The Bertz CT molecular complexity index is 733. The molecule has 128 valence electrons. The Hall–Kier alpha value is -2.23. The van der Waals surface area contributed by atoms with Gasteiger partial charge in [0.1, 0.15) is 17.3 Å². The number of aromatic hydroxyl groups is 1. The van der Waals surface area contributed by atoms with Gasteiger partial charge in [-0.2, -0.15) is 0 Å². The minimum Gasteiger partial charge on any atom is -0.507 e. The van der Waals surface area contributed by atoms with Crippen LogP contribution in [0.5, 0.6) is 11.5 Å². The van der Waals surface area contributed by atoms with E-state index in [9.17, 15) is 9.90 Å². The molecule has 0 unspecified atom stereocenters. The summed E-state index contributed by atoms with van der Waals surface area (Å²) in [6.45, 7) is 8.25. The van der Waals surface area contributed by atoms with Crippen LogP contribution in [0.15, 0.2) is 30.1 Å². The average Bonchev–Trinajstić information content (AvgIpc) is 2.54. The predicted molar refractivity (Wildman–Crippen MR) is 94.5 cm³/mol. The molecule has 0 aromatic heterocycles. The number of hydrogen-bond acceptors (Lipinski definition) is 3. The molecule has 1 aliphatic carbocycles. The lowest BCUT2D eigenvalue weighted by molar-refractivity contribution is 0.0959. The van der Waals surface area contributed by atoms with Crippen LogP contribution in [0.2, 0.25) is 0 Å². The molecule has 24 heavy (non-hydrogen) atoms. The normalized spacial score (nSPS) is 22.1. The zero-order valence-corrected chi connectivity index (χ0v) is 14.6. The summed E-state index contributed by atoms with van der Waals surface area (Å²) in [6, 6.07) is 1.91. The van der Waals surface area contributed by atoms with Crippen molar-refractivity contribution in [3.63, 3.8) is 0 Å². The highest BCUT2D eigenvalue weighted by Crippen LogP contribution is 2.52. The van der Waals surface area contributed by atoms with Crippen LogP contribution in [0.4, 0.5) is 0 Å². The second-order valence-corrected chi connectivity index (χ2v) is 6.75. The van der Waals surface area contributed by atoms with Gasteiger partial charge in [0.05, 0.1) is 5.56 Å². The van der Waals surface area contributed by atoms with Gasteiger partial charge in [0.2, 0.25) is 0 Å². The molecule has 1 aliphatic heterocycles. The lowest BCUT2D eigenvalue weighted by Gasteiger charge is -2.37. The molecule has 0 fully saturated rings. The molecule has 2 aliphatic rings. The Morgan fingerprint density at radius 3 is 2.92 bits per heavy atom. The summed E-state index contributed by atoms with van der Waals surface area (Å²) in [5.41, 5.74) is 3.22. The molecule has 0 bridgehead atoms. The van der Waals surface area contributed by atoms with E-state index in [1.807, 2.05) is 13.0 Å². The van der Waals surface area contributed by atoms with E-state index in [1.54, 1.807) is 7.05 Å². The van der Waals surface area contributed by atoms with Gasteiger partial charge in [-0.1, -0.05) is 31.6 Å². The zero-order chi connectivity index (χ0) is 17.4. The number of aryl methyl sites for hydroxylation is 1. The number of allylic oxidation sites excluding steroid dienone is 3. The first-order valence-corrected chi connectivity index (χ1v) is 8.62. The molecule has 2 atom stereocenters. The quantitative estimate of drug-likeness (QED) is 0.823. The number of phenols is 1. The molecule has 0 saturated heterocycles. The van der Waals surface area contributed by atoms with Gasteiger partial charge in [0, 0.05) is 24.4 Å². The maximum Gasteiger partial charge on any atom is 0.255 e. The number of fused-ring (bicyclic) bond motifs is 3. The number of rotatable bonds is 3. The molecule has 4 nitrogen and oxygen atoms in total. The van der Waals surface area contributed by atoms with Gasteiger partial charge in [0.15, 0.2) is 0 Å². The number of benzene rings is 1. The van der Waals surface area contributed by atoms with Crippen molar-refractivity contribution in [2.45, 2.75) is 45.4 Å². The van der Waals surface area contributed by atoms with Crippen LogP contribution in [-0.4, -0.2) is 18.1 Å². The first-order valence-electron chi connectivity index (χ1n) is 8.62. The largest absolute Gasteiger partial charge is 0.507 e. The molecule has 1 aromatic carbocycles. The Morgan fingerprint density at radius 2 is 2.25 bits per heavy atom. The van der Waals surface area contributed by atoms with Crippen LogP contribution in [0.25, 0.3) is 0 Å². The highest BCUT2D eigenvalue weighted by atomic mass is 16.5. The molecule has 1 amide bonds. The van der Waals surface area contributed by atoms with Crippen LogP contribution in [-0.2, 0) is 6.42 Å². The van der Waals surface area contributed by atoms with Crippen molar-refractivity contribution in [2.75, 3.05) is 7.05 Å². The highest BCUT2D eigenvalue weighted by Gasteiger charge is 2.38. The minimum absolute atomic E-state index is 0.0223. The van der Waals surface area contributed by atoms with Crippen molar-refractivity contribution in [2.24, 2.45) is 5.92 Å². The van der Waals surface area contributed by atoms with Crippen molar-refractivity contribution in [1.29, 1.82) is 0 Å². The monoisotopic (exact) mass is 327 g/mol. The van der Waals surface area contributed by atoms with Gasteiger partial charge >= 0.3 is 0 Å². The van der Waals surface area contributed by atoms with Gasteiger partial charge in [-0.15, -0.1) is 0 Å². The summed E-state index contributed by atoms with van der Waals surface area (Å²) in [4.78, 5) is 12.4. The minimum atomic E-state index is -0.254. The van der Waals surface area contributed by atoms with Crippen molar-refractivity contribution in [1.82, 2.24) is 5.32 Å². The molecule has 4 heteroatoms. The fraction of sp³-hybridized carbons (Fsp3) is 0.450. The first-order chi connectivity index (χ1) is 11.5. The number of nitrogens with one attached hydrogen (secondary N) is 1. The zero-order valence-electron chi connectivity index (χ0n) is 14.6. The lowest BCUT2D eigenvalue weighted by atomic mass is 9.73. The predicted octanol–water partition coefficient (Wildman–Crippen LogP) is 4.05.